The summed E-state index contributed by atoms with van der Waals surface area (Å²) in [6, 6.07) is 7.00. The molecule has 2 rings (SSSR count). The quantitative estimate of drug-likeness (QED) is 0.791. The van der Waals surface area contributed by atoms with Crippen molar-refractivity contribution in [2.75, 3.05) is 6.67 Å². The molecule has 0 bridgehead atoms. The fraction of sp³-hybridized carbons (Fsp3) is 0.467. The van der Waals surface area contributed by atoms with E-state index in [4.69, 9.17) is 11.6 Å². The number of hydrogen-bond acceptors (Lipinski definition) is 4. The second kappa shape index (κ2) is 6.56. The van der Waals surface area contributed by atoms with E-state index in [9.17, 15) is 9.50 Å². The number of aliphatic hydroxyl groups is 1. The van der Waals surface area contributed by atoms with Gasteiger partial charge in [-0.1, -0.05) is 37.6 Å². The van der Waals surface area contributed by atoms with Gasteiger partial charge in [-0.25, -0.2) is 9.67 Å². The lowest BCUT2D eigenvalue weighted by Crippen LogP contribution is -2.52. The number of aromatic nitrogens is 3. The number of nitrogens with zero attached hydrogens (tertiary/aromatic N) is 3. The highest BCUT2D eigenvalue weighted by Gasteiger charge is 2.49. The Morgan fingerprint density at radius 1 is 1.36 bits per heavy atom. The molecule has 0 spiro atoms. The van der Waals surface area contributed by atoms with Crippen molar-refractivity contribution < 1.29 is 9.50 Å². The van der Waals surface area contributed by atoms with Crippen molar-refractivity contribution in [2.45, 2.75) is 31.2 Å². The first-order valence-electron chi connectivity index (χ1n) is 6.84. The average Bonchev–Trinajstić information content (AvgIpc) is 2.99. The molecular weight excluding hydrogens is 325 g/mol. The number of thiol groups is 1. The summed E-state index contributed by atoms with van der Waals surface area (Å²) in [7, 11) is 0. The standard InChI is InChI=1S/C15H19ClFN3OS/c1-14(2,7-17)15(21,8-20-10-18-9-19-20)13(22)11-3-5-12(16)6-4-11/h3-6,9-10,13,21-22H,7-8H2,1-2H3. The molecule has 0 amide bonds. The normalized spacial score (nSPS) is 16.3. The molecule has 22 heavy (non-hydrogen) atoms. The third kappa shape index (κ3) is 3.29. The lowest BCUT2D eigenvalue weighted by atomic mass is 9.72. The third-order valence-corrected chi connectivity index (χ3v) is 4.99. The molecule has 0 aliphatic heterocycles. The van der Waals surface area contributed by atoms with Crippen LogP contribution in [0.25, 0.3) is 0 Å². The molecule has 2 atom stereocenters. The molecule has 4 nitrogen and oxygen atoms in total. The van der Waals surface area contributed by atoms with Gasteiger partial charge in [0.05, 0.1) is 18.5 Å². The lowest BCUT2D eigenvalue weighted by Gasteiger charge is -2.44. The lowest BCUT2D eigenvalue weighted by molar-refractivity contribution is -0.0929. The number of alkyl halides is 1. The third-order valence-electron chi connectivity index (χ3n) is 4.01. The van der Waals surface area contributed by atoms with Gasteiger partial charge >= 0.3 is 0 Å². The Hall–Kier alpha value is -1.11. The van der Waals surface area contributed by atoms with Gasteiger partial charge in [0, 0.05) is 10.4 Å². The van der Waals surface area contributed by atoms with E-state index in [-0.39, 0.29) is 6.54 Å². The van der Waals surface area contributed by atoms with Crippen LogP contribution in [-0.4, -0.2) is 32.1 Å². The summed E-state index contributed by atoms with van der Waals surface area (Å²) in [6.07, 6.45) is 2.86. The molecule has 7 heteroatoms. The predicted octanol–water partition coefficient (Wildman–Crippen LogP) is 3.33. The van der Waals surface area contributed by atoms with E-state index >= 15 is 0 Å². The van der Waals surface area contributed by atoms with E-state index < -0.39 is 22.9 Å². The molecule has 0 saturated carbocycles. The highest BCUT2D eigenvalue weighted by Crippen LogP contribution is 2.45. The molecule has 2 unspecified atom stereocenters. The fourth-order valence-electron chi connectivity index (χ4n) is 2.27. The van der Waals surface area contributed by atoms with Crippen molar-refractivity contribution in [2.24, 2.45) is 5.41 Å². The number of halogens is 2. The summed E-state index contributed by atoms with van der Waals surface area (Å²) in [6.45, 7) is 2.73. The summed E-state index contributed by atoms with van der Waals surface area (Å²) in [5.74, 6) is 0. The summed E-state index contributed by atoms with van der Waals surface area (Å²) >= 11 is 10.5. The van der Waals surface area contributed by atoms with Crippen molar-refractivity contribution in [3.8, 4) is 0 Å². The van der Waals surface area contributed by atoms with Crippen LogP contribution in [0.2, 0.25) is 5.02 Å². The topological polar surface area (TPSA) is 50.9 Å². The van der Waals surface area contributed by atoms with Crippen LogP contribution in [0.15, 0.2) is 36.9 Å². The van der Waals surface area contributed by atoms with Gasteiger partial charge in [-0.3, -0.25) is 4.39 Å². The van der Waals surface area contributed by atoms with E-state index in [0.29, 0.717) is 5.02 Å². The number of rotatable bonds is 6. The second-order valence-corrected chi connectivity index (χ2v) is 6.94. The predicted molar refractivity (Wildman–Crippen MR) is 87.9 cm³/mol. The molecule has 0 saturated heterocycles. The molecule has 1 heterocycles. The minimum Gasteiger partial charge on any atom is -0.386 e. The van der Waals surface area contributed by atoms with Crippen LogP contribution < -0.4 is 0 Å². The van der Waals surface area contributed by atoms with Gasteiger partial charge < -0.3 is 5.11 Å². The smallest absolute Gasteiger partial charge is 0.137 e. The summed E-state index contributed by atoms with van der Waals surface area (Å²) < 4.78 is 15.1. The fourth-order valence-corrected chi connectivity index (χ4v) is 3.00. The Bertz CT molecular complexity index is 606. The van der Waals surface area contributed by atoms with Crippen molar-refractivity contribution in [1.82, 2.24) is 14.8 Å². The first kappa shape index (κ1) is 17.2. The molecular formula is C15H19ClFN3OS. The van der Waals surface area contributed by atoms with E-state index in [1.165, 1.54) is 17.3 Å². The Kier molecular flexibility index (Phi) is 5.14. The van der Waals surface area contributed by atoms with Crippen LogP contribution in [0.5, 0.6) is 0 Å². The Labute approximate surface area is 139 Å². The van der Waals surface area contributed by atoms with Crippen molar-refractivity contribution >= 4 is 24.2 Å². The van der Waals surface area contributed by atoms with E-state index in [1.807, 2.05) is 0 Å². The van der Waals surface area contributed by atoms with Crippen LogP contribution in [0.3, 0.4) is 0 Å². The highest BCUT2D eigenvalue weighted by atomic mass is 35.5. The Morgan fingerprint density at radius 2 is 2.00 bits per heavy atom. The zero-order valence-electron chi connectivity index (χ0n) is 12.4. The van der Waals surface area contributed by atoms with Crippen molar-refractivity contribution in [3.63, 3.8) is 0 Å². The molecule has 120 valence electrons. The van der Waals surface area contributed by atoms with Gasteiger partial charge in [-0.05, 0) is 17.7 Å². The summed E-state index contributed by atoms with van der Waals surface area (Å²) in [5.41, 5.74) is -1.73. The van der Waals surface area contributed by atoms with Gasteiger partial charge in [-0.15, -0.1) is 0 Å². The van der Waals surface area contributed by atoms with Crippen LogP contribution >= 0.6 is 24.2 Å². The first-order chi connectivity index (χ1) is 10.3. The average molecular weight is 344 g/mol. The second-order valence-electron chi connectivity index (χ2n) is 5.99. The maximum Gasteiger partial charge on any atom is 0.137 e. The Balaban J connectivity index is 2.41. The monoisotopic (exact) mass is 343 g/mol. The number of hydrogen-bond donors (Lipinski definition) is 2. The highest BCUT2D eigenvalue weighted by molar-refractivity contribution is 7.80. The van der Waals surface area contributed by atoms with Gasteiger partial charge in [0.25, 0.3) is 0 Å². The molecule has 0 fully saturated rings. The van der Waals surface area contributed by atoms with Gasteiger partial charge in [0.1, 0.15) is 18.3 Å². The maximum absolute atomic E-state index is 13.6. The molecule has 1 aromatic heterocycles. The zero-order chi connectivity index (χ0) is 16.4. The molecule has 0 aliphatic carbocycles. The SMILES string of the molecule is CC(C)(CF)C(O)(Cn1cncn1)C(S)c1ccc(Cl)cc1. The van der Waals surface area contributed by atoms with Crippen LogP contribution in [0, 0.1) is 5.41 Å². The minimum absolute atomic E-state index is 0.0840. The zero-order valence-corrected chi connectivity index (χ0v) is 14.1. The van der Waals surface area contributed by atoms with Crippen molar-refractivity contribution in [1.29, 1.82) is 0 Å². The van der Waals surface area contributed by atoms with Gasteiger partial charge in [-0.2, -0.15) is 17.7 Å². The number of benzene rings is 1. The van der Waals surface area contributed by atoms with E-state index in [2.05, 4.69) is 22.7 Å². The van der Waals surface area contributed by atoms with Gasteiger partial charge in [0.2, 0.25) is 0 Å². The largest absolute Gasteiger partial charge is 0.386 e. The molecule has 2 aromatic rings. The molecule has 1 N–H and O–H groups in total. The van der Waals surface area contributed by atoms with E-state index in [1.54, 1.807) is 38.1 Å². The van der Waals surface area contributed by atoms with Crippen LogP contribution in [0.4, 0.5) is 4.39 Å². The van der Waals surface area contributed by atoms with Crippen LogP contribution in [0.1, 0.15) is 24.7 Å². The van der Waals surface area contributed by atoms with Crippen molar-refractivity contribution in [3.05, 3.63) is 47.5 Å². The molecule has 0 radical (unpaired) electrons. The molecule has 1 aromatic carbocycles. The summed E-state index contributed by atoms with van der Waals surface area (Å²) in [4.78, 5) is 3.86. The van der Waals surface area contributed by atoms with Gasteiger partial charge in [0.15, 0.2) is 0 Å². The van der Waals surface area contributed by atoms with Crippen LogP contribution in [-0.2, 0) is 6.54 Å². The Morgan fingerprint density at radius 3 is 2.50 bits per heavy atom. The minimum atomic E-state index is -1.47. The first-order valence-corrected chi connectivity index (χ1v) is 7.74. The molecule has 0 aliphatic rings. The summed E-state index contributed by atoms with van der Waals surface area (Å²) in [5, 5.41) is 15.3. The maximum atomic E-state index is 13.6. The van der Waals surface area contributed by atoms with E-state index in [0.717, 1.165) is 5.56 Å².